The molecule has 4 nitrogen and oxygen atoms in total. The number of anilines is 1. The number of rotatable bonds is 5. The molecule has 1 heterocycles. The van der Waals surface area contributed by atoms with E-state index in [2.05, 4.69) is 26.2 Å². The average Bonchev–Trinajstić information content (AvgIpc) is 2.23. The lowest BCUT2D eigenvalue weighted by atomic mass is 10.3. The van der Waals surface area contributed by atoms with Gasteiger partial charge >= 0.3 is 0 Å². The Morgan fingerprint density at radius 3 is 2.87 bits per heavy atom. The Labute approximate surface area is 97.8 Å². The summed E-state index contributed by atoms with van der Waals surface area (Å²) in [5.74, 6) is 0.742. The van der Waals surface area contributed by atoms with Gasteiger partial charge in [-0.25, -0.2) is 4.98 Å². The number of ether oxygens (including phenoxy) is 1. The lowest BCUT2D eigenvalue weighted by Crippen LogP contribution is -2.29. The van der Waals surface area contributed by atoms with E-state index in [1.165, 1.54) is 0 Å². The highest BCUT2D eigenvalue weighted by atomic mass is 79.9. The van der Waals surface area contributed by atoms with Crippen LogP contribution >= 0.6 is 15.9 Å². The first-order chi connectivity index (χ1) is 7.17. The topological polar surface area (TPSA) is 54.4 Å². The van der Waals surface area contributed by atoms with Crippen LogP contribution in [0.15, 0.2) is 16.6 Å². The van der Waals surface area contributed by atoms with E-state index in [0.717, 1.165) is 16.0 Å². The molecule has 1 atom stereocenters. The zero-order valence-electron chi connectivity index (χ0n) is 8.83. The number of hydrogen-bond acceptors (Lipinski definition) is 4. The molecule has 0 amide bonds. The molecular weight excluding hydrogens is 260 g/mol. The van der Waals surface area contributed by atoms with E-state index >= 15 is 0 Å². The second-order valence-electron chi connectivity index (χ2n) is 3.24. The van der Waals surface area contributed by atoms with Gasteiger partial charge in [-0.3, -0.25) is 0 Å². The Kier molecular flexibility index (Phi) is 5.01. The van der Waals surface area contributed by atoms with Crippen LogP contribution in [0.4, 0.5) is 5.82 Å². The quantitative estimate of drug-likeness (QED) is 0.856. The van der Waals surface area contributed by atoms with Crippen LogP contribution in [0.2, 0.25) is 0 Å². The van der Waals surface area contributed by atoms with Gasteiger partial charge in [0, 0.05) is 11.6 Å². The molecule has 0 radical (unpaired) electrons. The van der Waals surface area contributed by atoms with Gasteiger partial charge in [-0.15, -0.1) is 0 Å². The third kappa shape index (κ3) is 3.77. The molecule has 0 aliphatic heterocycles. The summed E-state index contributed by atoms with van der Waals surface area (Å²) >= 11 is 3.38. The molecule has 15 heavy (non-hydrogen) atoms. The molecule has 84 valence electrons. The van der Waals surface area contributed by atoms with E-state index in [9.17, 15) is 0 Å². The van der Waals surface area contributed by atoms with Crippen LogP contribution in [0.3, 0.4) is 0 Å². The minimum absolute atomic E-state index is 0.0185. The maximum Gasteiger partial charge on any atom is 0.126 e. The minimum atomic E-state index is -0.122. The predicted octanol–water partition coefficient (Wildman–Crippen LogP) is 1.57. The van der Waals surface area contributed by atoms with Crippen LogP contribution in [-0.2, 0) is 4.74 Å². The summed E-state index contributed by atoms with van der Waals surface area (Å²) in [5.41, 5.74) is 0.911. The van der Waals surface area contributed by atoms with E-state index in [1.54, 1.807) is 7.11 Å². The first-order valence-electron chi connectivity index (χ1n) is 4.67. The number of aryl methyl sites for hydroxylation is 1. The lowest BCUT2D eigenvalue weighted by molar-refractivity contribution is 0.153. The molecule has 0 spiro atoms. The van der Waals surface area contributed by atoms with Crippen molar-refractivity contribution < 1.29 is 9.84 Å². The number of aromatic nitrogens is 1. The van der Waals surface area contributed by atoms with E-state index < -0.39 is 0 Å². The number of halogens is 1. The van der Waals surface area contributed by atoms with Crippen LogP contribution in [0.5, 0.6) is 0 Å². The molecule has 2 N–H and O–H groups in total. The normalized spacial score (nSPS) is 12.5. The van der Waals surface area contributed by atoms with Crippen molar-refractivity contribution in [2.75, 3.05) is 25.6 Å². The van der Waals surface area contributed by atoms with Crippen molar-refractivity contribution in [1.29, 1.82) is 0 Å². The van der Waals surface area contributed by atoms with E-state index in [1.807, 2.05) is 19.1 Å². The third-order valence-corrected chi connectivity index (χ3v) is 2.80. The summed E-state index contributed by atoms with van der Waals surface area (Å²) in [7, 11) is 1.60. The predicted molar refractivity (Wildman–Crippen MR) is 63.0 cm³/mol. The largest absolute Gasteiger partial charge is 0.394 e. The van der Waals surface area contributed by atoms with Crippen LogP contribution < -0.4 is 5.32 Å². The molecule has 1 aromatic rings. The summed E-state index contributed by atoms with van der Waals surface area (Å²) in [6.07, 6.45) is 0. The number of methoxy groups -OCH3 is 1. The SMILES string of the molecule is COCC(CO)Nc1ccc(Br)c(C)n1. The molecule has 0 saturated heterocycles. The van der Waals surface area contributed by atoms with Crippen molar-refractivity contribution in [2.45, 2.75) is 13.0 Å². The summed E-state index contributed by atoms with van der Waals surface area (Å²) in [4.78, 5) is 4.32. The number of nitrogens with one attached hydrogen (secondary N) is 1. The molecule has 1 aromatic heterocycles. The van der Waals surface area contributed by atoms with Crippen molar-refractivity contribution >= 4 is 21.7 Å². The first kappa shape index (κ1) is 12.4. The number of aliphatic hydroxyl groups excluding tert-OH is 1. The van der Waals surface area contributed by atoms with Gasteiger partial charge < -0.3 is 15.2 Å². The van der Waals surface area contributed by atoms with Crippen molar-refractivity contribution in [2.24, 2.45) is 0 Å². The number of aliphatic hydroxyl groups is 1. The fourth-order valence-corrected chi connectivity index (χ4v) is 1.40. The summed E-state index contributed by atoms with van der Waals surface area (Å²) < 4.78 is 5.93. The first-order valence-corrected chi connectivity index (χ1v) is 5.46. The van der Waals surface area contributed by atoms with Gasteiger partial charge in [0.2, 0.25) is 0 Å². The zero-order valence-corrected chi connectivity index (χ0v) is 10.4. The summed E-state index contributed by atoms with van der Waals surface area (Å²) in [6.45, 7) is 2.39. The third-order valence-electron chi connectivity index (χ3n) is 1.96. The number of nitrogens with zero attached hydrogens (tertiary/aromatic N) is 1. The molecule has 0 aliphatic carbocycles. The number of pyridine rings is 1. The number of hydrogen-bond donors (Lipinski definition) is 2. The standard InChI is InChI=1S/C10H15BrN2O2/c1-7-9(11)3-4-10(12-7)13-8(5-14)6-15-2/h3-4,8,14H,5-6H2,1-2H3,(H,12,13). The van der Waals surface area contributed by atoms with Gasteiger partial charge in [-0.1, -0.05) is 0 Å². The summed E-state index contributed by atoms with van der Waals surface area (Å²) in [5, 5.41) is 12.2. The van der Waals surface area contributed by atoms with Crippen LogP contribution in [0, 0.1) is 6.92 Å². The van der Waals surface area contributed by atoms with Crippen molar-refractivity contribution in [3.8, 4) is 0 Å². The fraction of sp³-hybridized carbons (Fsp3) is 0.500. The second-order valence-corrected chi connectivity index (χ2v) is 4.10. The maximum absolute atomic E-state index is 9.06. The lowest BCUT2D eigenvalue weighted by Gasteiger charge is -2.16. The molecule has 1 rings (SSSR count). The molecule has 0 aromatic carbocycles. The molecule has 5 heteroatoms. The van der Waals surface area contributed by atoms with Gasteiger partial charge in [-0.2, -0.15) is 0 Å². The average molecular weight is 275 g/mol. The summed E-state index contributed by atoms with van der Waals surface area (Å²) in [6, 6.07) is 3.66. The highest BCUT2D eigenvalue weighted by molar-refractivity contribution is 9.10. The van der Waals surface area contributed by atoms with Crippen LogP contribution in [0.1, 0.15) is 5.69 Å². The van der Waals surface area contributed by atoms with E-state index in [-0.39, 0.29) is 12.6 Å². The molecule has 0 bridgehead atoms. The van der Waals surface area contributed by atoms with Crippen molar-refractivity contribution in [3.05, 3.63) is 22.3 Å². The smallest absolute Gasteiger partial charge is 0.126 e. The van der Waals surface area contributed by atoms with Crippen LogP contribution in [-0.4, -0.2) is 36.5 Å². The Hall–Kier alpha value is -0.650. The van der Waals surface area contributed by atoms with Gasteiger partial charge in [-0.05, 0) is 35.0 Å². The second kappa shape index (κ2) is 6.05. The molecule has 0 saturated carbocycles. The Balaban J connectivity index is 2.66. The Morgan fingerprint density at radius 1 is 1.60 bits per heavy atom. The molecule has 1 unspecified atom stereocenters. The Morgan fingerprint density at radius 2 is 2.33 bits per heavy atom. The molecule has 0 aliphatic rings. The Bertz CT molecular complexity index is 320. The van der Waals surface area contributed by atoms with E-state index in [0.29, 0.717) is 6.61 Å². The van der Waals surface area contributed by atoms with Gasteiger partial charge in [0.1, 0.15) is 5.82 Å². The van der Waals surface area contributed by atoms with Gasteiger partial charge in [0.05, 0.1) is 24.9 Å². The monoisotopic (exact) mass is 274 g/mol. The van der Waals surface area contributed by atoms with Crippen molar-refractivity contribution in [3.63, 3.8) is 0 Å². The van der Waals surface area contributed by atoms with E-state index in [4.69, 9.17) is 9.84 Å². The van der Waals surface area contributed by atoms with Crippen molar-refractivity contribution in [1.82, 2.24) is 4.98 Å². The highest BCUT2D eigenvalue weighted by Gasteiger charge is 2.07. The minimum Gasteiger partial charge on any atom is -0.394 e. The highest BCUT2D eigenvalue weighted by Crippen LogP contribution is 2.16. The molecular formula is C10H15BrN2O2. The fourth-order valence-electron chi connectivity index (χ4n) is 1.17. The van der Waals surface area contributed by atoms with Gasteiger partial charge in [0.25, 0.3) is 0 Å². The zero-order chi connectivity index (χ0) is 11.3. The maximum atomic E-state index is 9.06. The molecule has 0 fully saturated rings. The van der Waals surface area contributed by atoms with Gasteiger partial charge in [0.15, 0.2) is 0 Å². The van der Waals surface area contributed by atoms with Crippen LogP contribution in [0.25, 0.3) is 0 Å².